The molecule has 2 aromatic carbocycles. The molecule has 0 unspecified atom stereocenters. The second kappa shape index (κ2) is 6.71. The number of anilines is 1. The van der Waals surface area contributed by atoms with Crippen LogP contribution < -0.4 is 14.8 Å². The molecule has 6 heteroatoms. The highest BCUT2D eigenvalue weighted by Gasteiger charge is 2.09. The summed E-state index contributed by atoms with van der Waals surface area (Å²) in [5.41, 5.74) is 1.76. The van der Waals surface area contributed by atoms with Crippen molar-refractivity contribution in [3.8, 4) is 11.5 Å². The number of hydrogen-bond acceptors (Lipinski definition) is 5. The van der Waals surface area contributed by atoms with E-state index in [1.165, 1.54) is 0 Å². The van der Waals surface area contributed by atoms with Crippen molar-refractivity contribution in [2.45, 2.75) is 6.54 Å². The quantitative estimate of drug-likeness (QED) is 0.719. The second-order valence-corrected chi connectivity index (χ2v) is 5.23. The van der Waals surface area contributed by atoms with E-state index in [0.717, 1.165) is 28.0 Å². The Bertz CT molecular complexity index is 839. The number of hydrogen-bond donors (Lipinski definition) is 1. The van der Waals surface area contributed by atoms with Crippen molar-refractivity contribution in [2.75, 3.05) is 19.5 Å². The molecule has 0 spiro atoms. The lowest BCUT2D eigenvalue weighted by atomic mass is 10.1. The van der Waals surface area contributed by atoms with Crippen molar-refractivity contribution in [1.29, 1.82) is 0 Å². The standard InChI is InChI=1S/C17H16ClN3O2/c1-22-12-7-8-15(23-2)11(9-12)10-19-16-13-5-3-4-6-14(13)20-17(18)21-16/h3-9H,10H2,1-2H3,(H,19,20,21). The molecule has 0 bridgehead atoms. The van der Waals surface area contributed by atoms with Crippen LogP contribution >= 0.6 is 11.6 Å². The summed E-state index contributed by atoms with van der Waals surface area (Å²) in [5.74, 6) is 2.24. The average molecular weight is 330 g/mol. The SMILES string of the molecule is COc1ccc(OC)c(CNc2nc(Cl)nc3ccccc23)c1. The molecule has 5 nitrogen and oxygen atoms in total. The Balaban J connectivity index is 1.92. The minimum Gasteiger partial charge on any atom is -0.497 e. The van der Waals surface area contributed by atoms with Gasteiger partial charge in [-0.1, -0.05) is 12.1 Å². The number of benzene rings is 2. The maximum atomic E-state index is 6.00. The maximum absolute atomic E-state index is 6.00. The van der Waals surface area contributed by atoms with Gasteiger partial charge in [0.25, 0.3) is 0 Å². The molecule has 0 aliphatic carbocycles. The summed E-state index contributed by atoms with van der Waals surface area (Å²) in [6.45, 7) is 0.526. The Morgan fingerprint density at radius 2 is 1.87 bits per heavy atom. The van der Waals surface area contributed by atoms with E-state index in [1.54, 1.807) is 14.2 Å². The fourth-order valence-electron chi connectivity index (χ4n) is 2.38. The van der Waals surface area contributed by atoms with Crippen molar-refractivity contribution < 1.29 is 9.47 Å². The van der Waals surface area contributed by atoms with Crippen LogP contribution in [0, 0.1) is 0 Å². The molecular weight excluding hydrogens is 314 g/mol. The molecule has 3 rings (SSSR count). The third-order valence-electron chi connectivity index (χ3n) is 3.51. The second-order valence-electron chi connectivity index (χ2n) is 4.89. The molecule has 0 saturated carbocycles. The van der Waals surface area contributed by atoms with Gasteiger partial charge in [0.05, 0.1) is 19.7 Å². The Hall–Kier alpha value is -2.53. The Labute approximate surface area is 139 Å². The largest absolute Gasteiger partial charge is 0.497 e. The van der Waals surface area contributed by atoms with Crippen LogP contribution in [0.4, 0.5) is 5.82 Å². The molecule has 0 radical (unpaired) electrons. The normalized spacial score (nSPS) is 10.6. The molecule has 118 valence electrons. The van der Waals surface area contributed by atoms with Crippen LogP contribution in [0.15, 0.2) is 42.5 Å². The van der Waals surface area contributed by atoms with Crippen molar-refractivity contribution in [1.82, 2.24) is 9.97 Å². The first-order chi connectivity index (χ1) is 11.2. The van der Waals surface area contributed by atoms with Gasteiger partial charge in [-0.25, -0.2) is 9.97 Å². The number of ether oxygens (including phenoxy) is 2. The Morgan fingerprint density at radius 3 is 2.65 bits per heavy atom. The number of halogens is 1. The number of aromatic nitrogens is 2. The molecular formula is C17H16ClN3O2. The summed E-state index contributed by atoms with van der Waals surface area (Å²) in [6, 6.07) is 13.4. The topological polar surface area (TPSA) is 56.3 Å². The lowest BCUT2D eigenvalue weighted by Gasteiger charge is -2.13. The molecule has 3 aromatic rings. The molecule has 23 heavy (non-hydrogen) atoms. The minimum absolute atomic E-state index is 0.212. The smallest absolute Gasteiger partial charge is 0.224 e. The van der Waals surface area contributed by atoms with Crippen molar-refractivity contribution >= 4 is 28.3 Å². The fraction of sp³-hybridized carbons (Fsp3) is 0.176. The van der Waals surface area contributed by atoms with Gasteiger partial charge in [0, 0.05) is 17.5 Å². The number of fused-ring (bicyclic) bond motifs is 1. The molecule has 1 N–H and O–H groups in total. The molecule has 0 atom stereocenters. The first kappa shape index (κ1) is 15.4. The van der Waals surface area contributed by atoms with Crippen LogP contribution in [-0.2, 0) is 6.54 Å². The first-order valence-corrected chi connectivity index (χ1v) is 7.46. The predicted molar refractivity (Wildman–Crippen MR) is 91.4 cm³/mol. The number of rotatable bonds is 5. The van der Waals surface area contributed by atoms with Crippen LogP contribution in [0.25, 0.3) is 10.9 Å². The van der Waals surface area contributed by atoms with Crippen molar-refractivity contribution in [3.05, 3.63) is 53.3 Å². The molecule has 1 heterocycles. The highest BCUT2D eigenvalue weighted by molar-refractivity contribution is 6.28. The van der Waals surface area contributed by atoms with Gasteiger partial charge in [0.2, 0.25) is 5.28 Å². The van der Waals surface area contributed by atoms with Crippen LogP contribution in [0.1, 0.15) is 5.56 Å². The summed E-state index contributed by atoms with van der Waals surface area (Å²) in [4.78, 5) is 8.51. The highest BCUT2D eigenvalue weighted by Crippen LogP contribution is 2.26. The van der Waals surface area contributed by atoms with Gasteiger partial charge in [0.15, 0.2) is 0 Å². The average Bonchev–Trinajstić information content (AvgIpc) is 2.59. The van der Waals surface area contributed by atoms with Gasteiger partial charge >= 0.3 is 0 Å². The maximum Gasteiger partial charge on any atom is 0.224 e. The fourth-order valence-corrected chi connectivity index (χ4v) is 2.56. The van der Waals surface area contributed by atoms with Gasteiger partial charge in [-0.2, -0.15) is 0 Å². The van der Waals surface area contributed by atoms with Gasteiger partial charge in [-0.15, -0.1) is 0 Å². The lowest BCUT2D eigenvalue weighted by Crippen LogP contribution is -2.05. The summed E-state index contributed by atoms with van der Waals surface area (Å²) >= 11 is 6.00. The van der Waals surface area contributed by atoms with Crippen LogP contribution in [-0.4, -0.2) is 24.2 Å². The van der Waals surface area contributed by atoms with Crippen molar-refractivity contribution in [2.24, 2.45) is 0 Å². The zero-order chi connectivity index (χ0) is 16.2. The lowest BCUT2D eigenvalue weighted by molar-refractivity contribution is 0.399. The molecule has 0 aliphatic heterocycles. The van der Waals surface area contributed by atoms with Gasteiger partial charge in [-0.3, -0.25) is 0 Å². The van der Waals surface area contributed by atoms with Crippen molar-refractivity contribution in [3.63, 3.8) is 0 Å². The van der Waals surface area contributed by atoms with E-state index >= 15 is 0 Å². The van der Waals surface area contributed by atoms with E-state index in [1.807, 2.05) is 42.5 Å². The minimum atomic E-state index is 0.212. The van der Waals surface area contributed by atoms with E-state index in [9.17, 15) is 0 Å². The zero-order valence-electron chi connectivity index (χ0n) is 12.8. The predicted octanol–water partition coefficient (Wildman–Crippen LogP) is 3.91. The highest BCUT2D eigenvalue weighted by atomic mass is 35.5. The van der Waals surface area contributed by atoms with Crippen LogP contribution in [0.3, 0.4) is 0 Å². The molecule has 0 saturated heterocycles. The Kier molecular flexibility index (Phi) is 4.48. The zero-order valence-corrected chi connectivity index (χ0v) is 13.6. The first-order valence-electron chi connectivity index (χ1n) is 7.08. The molecule has 1 aromatic heterocycles. The molecule has 0 fully saturated rings. The van der Waals surface area contributed by atoms with E-state index in [-0.39, 0.29) is 5.28 Å². The molecule has 0 aliphatic rings. The van der Waals surface area contributed by atoms with Crippen LogP contribution in [0.5, 0.6) is 11.5 Å². The number of methoxy groups -OCH3 is 2. The third-order valence-corrected chi connectivity index (χ3v) is 3.68. The molecule has 0 amide bonds. The number of nitrogens with one attached hydrogen (secondary N) is 1. The number of nitrogens with zero attached hydrogens (tertiary/aromatic N) is 2. The monoisotopic (exact) mass is 329 g/mol. The van der Waals surface area contributed by atoms with Crippen LogP contribution in [0.2, 0.25) is 5.28 Å². The third kappa shape index (κ3) is 3.29. The Morgan fingerprint density at radius 1 is 1.04 bits per heavy atom. The van der Waals surface area contributed by atoms with E-state index in [4.69, 9.17) is 21.1 Å². The van der Waals surface area contributed by atoms with Gasteiger partial charge in [-0.05, 0) is 41.9 Å². The van der Waals surface area contributed by atoms with E-state index < -0.39 is 0 Å². The summed E-state index contributed by atoms with van der Waals surface area (Å²) in [5, 5.41) is 4.43. The van der Waals surface area contributed by atoms with Gasteiger partial charge < -0.3 is 14.8 Å². The van der Waals surface area contributed by atoms with Gasteiger partial charge in [0.1, 0.15) is 17.3 Å². The summed E-state index contributed by atoms with van der Waals surface area (Å²) in [7, 11) is 3.28. The van der Waals surface area contributed by atoms with E-state index in [0.29, 0.717) is 12.4 Å². The number of para-hydroxylation sites is 1. The summed E-state index contributed by atoms with van der Waals surface area (Å²) < 4.78 is 10.7. The summed E-state index contributed by atoms with van der Waals surface area (Å²) in [6.07, 6.45) is 0. The van der Waals surface area contributed by atoms with E-state index in [2.05, 4.69) is 15.3 Å².